The lowest BCUT2D eigenvalue weighted by molar-refractivity contribution is 0.310. The van der Waals surface area contributed by atoms with Crippen molar-refractivity contribution in [3.05, 3.63) is 35.4 Å². The van der Waals surface area contributed by atoms with Crippen molar-refractivity contribution in [3.8, 4) is 0 Å². The van der Waals surface area contributed by atoms with Crippen LogP contribution in [0.15, 0.2) is 34.3 Å². The zero-order chi connectivity index (χ0) is 18.1. The third kappa shape index (κ3) is 8.42. The molecule has 2 nitrogen and oxygen atoms in total. The molecule has 0 heterocycles. The predicted molar refractivity (Wildman–Crippen MR) is 109 cm³/mol. The van der Waals surface area contributed by atoms with Crippen LogP contribution in [0.2, 0.25) is 0 Å². The molecule has 1 rings (SSSR count). The highest BCUT2D eigenvalue weighted by Crippen LogP contribution is 2.26. The SMILES string of the molecule is CCCC(C)(C)CC/N=C/c1ccc(/C=N/C(C)(C)CCC)cc1. The van der Waals surface area contributed by atoms with Gasteiger partial charge >= 0.3 is 0 Å². The molecule has 2 heteroatoms. The minimum Gasteiger partial charge on any atom is -0.293 e. The number of hydrogen-bond donors (Lipinski definition) is 0. The Hall–Kier alpha value is -1.44. The van der Waals surface area contributed by atoms with E-state index in [1.807, 2.05) is 12.4 Å². The molecule has 0 N–H and O–H groups in total. The number of rotatable bonds is 10. The molecule has 0 aromatic heterocycles. The summed E-state index contributed by atoms with van der Waals surface area (Å²) in [6.45, 7) is 14.4. The molecular formula is C22H36N2. The van der Waals surface area contributed by atoms with Crippen molar-refractivity contribution in [3.63, 3.8) is 0 Å². The monoisotopic (exact) mass is 328 g/mol. The third-order valence-electron chi connectivity index (χ3n) is 4.45. The summed E-state index contributed by atoms with van der Waals surface area (Å²) in [4.78, 5) is 9.30. The van der Waals surface area contributed by atoms with Crippen LogP contribution in [-0.2, 0) is 0 Å². The molecule has 134 valence electrons. The predicted octanol–water partition coefficient (Wildman–Crippen LogP) is 6.32. The van der Waals surface area contributed by atoms with Crippen LogP contribution >= 0.6 is 0 Å². The van der Waals surface area contributed by atoms with Gasteiger partial charge in [-0.15, -0.1) is 0 Å². The summed E-state index contributed by atoms with van der Waals surface area (Å²) in [5.41, 5.74) is 2.74. The second kappa shape index (κ2) is 9.76. The Labute approximate surface area is 149 Å². The molecule has 1 aromatic rings. The fourth-order valence-electron chi connectivity index (χ4n) is 2.93. The summed E-state index contributed by atoms with van der Waals surface area (Å²) >= 11 is 0. The Morgan fingerprint density at radius 1 is 0.792 bits per heavy atom. The average Bonchev–Trinajstić information content (AvgIpc) is 2.51. The standard InChI is InChI=1S/C22H36N2/c1-7-13-21(3,4)15-16-23-17-19-9-11-20(12-10-19)18-24-22(5,6)14-8-2/h9-12,17-18H,7-8,13-16H2,1-6H3/b23-17+,24-18+. The van der Waals surface area contributed by atoms with Gasteiger partial charge < -0.3 is 0 Å². The van der Waals surface area contributed by atoms with Crippen molar-refractivity contribution in [2.24, 2.45) is 15.4 Å². The van der Waals surface area contributed by atoms with Crippen molar-refractivity contribution in [2.45, 2.75) is 79.2 Å². The highest BCUT2D eigenvalue weighted by molar-refractivity contribution is 5.84. The van der Waals surface area contributed by atoms with Crippen molar-refractivity contribution in [1.29, 1.82) is 0 Å². The zero-order valence-corrected chi connectivity index (χ0v) is 16.6. The molecule has 0 fully saturated rings. The first-order chi connectivity index (χ1) is 11.3. The first-order valence-corrected chi connectivity index (χ1v) is 9.43. The molecule has 0 bridgehead atoms. The van der Waals surface area contributed by atoms with Gasteiger partial charge in [-0.05, 0) is 49.7 Å². The van der Waals surface area contributed by atoms with Crippen LogP contribution in [0.5, 0.6) is 0 Å². The number of hydrogen-bond acceptors (Lipinski definition) is 2. The summed E-state index contributed by atoms with van der Waals surface area (Å²) in [6, 6.07) is 8.48. The first-order valence-electron chi connectivity index (χ1n) is 9.43. The van der Waals surface area contributed by atoms with Crippen molar-refractivity contribution in [1.82, 2.24) is 0 Å². The second-order valence-electron chi connectivity index (χ2n) is 8.19. The van der Waals surface area contributed by atoms with E-state index in [-0.39, 0.29) is 5.54 Å². The van der Waals surface area contributed by atoms with Crippen LogP contribution < -0.4 is 0 Å². The Balaban J connectivity index is 2.53. The molecule has 24 heavy (non-hydrogen) atoms. The summed E-state index contributed by atoms with van der Waals surface area (Å²) in [7, 11) is 0. The van der Waals surface area contributed by atoms with E-state index in [1.54, 1.807) is 0 Å². The van der Waals surface area contributed by atoms with Crippen LogP contribution in [0.3, 0.4) is 0 Å². The summed E-state index contributed by atoms with van der Waals surface area (Å²) in [5, 5.41) is 0. The molecular weight excluding hydrogens is 292 g/mol. The average molecular weight is 329 g/mol. The lowest BCUT2D eigenvalue weighted by Gasteiger charge is -2.22. The fourth-order valence-corrected chi connectivity index (χ4v) is 2.93. The number of aliphatic imine (C=N–C) groups is 2. The molecule has 0 aliphatic rings. The summed E-state index contributed by atoms with van der Waals surface area (Å²) in [5.74, 6) is 0. The molecule has 0 amide bonds. The molecule has 0 radical (unpaired) electrons. The van der Waals surface area contributed by atoms with Crippen LogP contribution in [0.1, 0.15) is 84.8 Å². The highest BCUT2D eigenvalue weighted by atomic mass is 14.8. The maximum atomic E-state index is 4.71. The van der Waals surface area contributed by atoms with Gasteiger partial charge in [0.1, 0.15) is 0 Å². The van der Waals surface area contributed by atoms with E-state index in [9.17, 15) is 0 Å². The van der Waals surface area contributed by atoms with E-state index in [0.717, 1.165) is 36.9 Å². The Bertz CT molecular complexity index is 521. The lowest BCUT2D eigenvalue weighted by Crippen LogP contribution is -2.16. The molecule has 1 aromatic carbocycles. The summed E-state index contributed by atoms with van der Waals surface area (Å²) < 4.78 is 0. The van der Waals surface area contributed by atoms with Crippen LogP contribution in [0.4, 0.5) is 0 Å². The van der Waals surface area contributed by atoms with Gasteiger partial charge in [0.05, 0.1) is 5.54 Å². The molecule has 0 saturated carbocycles. The van der Waals surface area contributed by atoms with E-state index in [4.69, 9.17) is 4.99 Å². The molecule has 0 aliphatic carbocycles. The van der Waals surface area contributed by atoms with Gasteiger partial charge in [-0.2, -0.15) is 0 Å². The minimum atomic E-state index is 0.0279. The maximum absolute atomic E-state index is 4.71. The summed E-state index contributed by atoms with van der Waals surface area (Å²) in [6.07, 6.45) is 9.92. The van der Waals surface area contributed by atoms with E-state index in [0.29, 0.717) is 5.41 Å². The maximum Gasteiger partial charge on any atom is 0.0552 e. The molecule has 0 atom stereocenters. The Kier molecular flexibility index (Phi) is 8.38. The fraction of sp³-hybridized carbons (Fsp3) is 0.636. The van der Waals surface area contributed by atoms with Crippen LogP contribution in [0, 0.1) is 5.41 Å². The molecule has 0 aliphatic heterocycles. The van der Waals surface area contributed by atoms with Gasteiger partial charge in [0.15, 0.2) is 0 Å². The highest BCUT2D eigenvalue weighted by Gasteiger charge is 2.15. The van der Waals surface area contributed by atoms with Gasteiger partial charge in [0.2, 0.25) is 0 Å². The second-order valence-corrected chi connectivity index (χ2v) is 8.19. The smallest absolute Gasteiger partial charge is 0.0552 e. The quantitative estimate of drug-likeness (QED) is 0.449. The third-order valence-corrected chi connectivity index (χ3v) is 4.45. The van der Waals surface area contributed by atoms with Crippen molar-refractivity contribution >= 4 is 12.4 Å². The number of nitrogens with zero attached hydrogens (tertiary/aromatic N) is 2. The van der Waals surface area contributed by atoms with E-state index in [1.165, 1.54) is 12.8 Å². The Morgan fingerprint density at radius 3 is 1.88 bits per heavy atom. The molecule has 0 saturated heterocycles. The van der Waals surface area contributed by atoms with Crippen molar-refractivity contribution in [2.75, 3.05) is 6.54 Å². The van der Waals surface area contributed by atoms with Gasteiger partial charge in [-0.25, -0.2) is 0 Å². The van der Waals surface area contributed by atoms with Gasteiger partial charge in [0.25, 0.3) is 0 Å². The largest absolute Gasteiger partial charge is 0.293 e. The molecule has 0 spiro atoms. The van der Waals surface area contributed by atoms with Gasteiger partial charge in [-0.3, -0.25) is 9.98 Å². The Morgan fingerprint density at radius 2 is 1.33 bits per heavy atom. The van der Waals surface area contributed by atoms with E-state index in [2.05, 4.69) is 70.8 Å². The lowest BCUT2D eigenvalue weighted by atomic mass is 9.85. The van der Waals surface area contributed by atoms with E-state index < -0.39 is 0 Å². The van der Waals surface area contributed by atoms with Gasteiger partial charge in [0, 0.05) is 19.0 Å². The van der Waals surface area contributed by atoms with Crippen LogP contribution in [0.25, 0.3) is 0 Å². The zero-order valence-electron chi connectivity index (χ0n) is 16.6. The molecule has 0 unspecified atom stereocenters. The minimum absolute atomic E-state index is 0.0279. The van der Waals surface area contributed by atoms with Crippen molar-refractivity contribution < 1.29 is 0 Å². The normalized spacial score (nSPS) is 13.2. The number of benzene rings is 1. The van der Waals surface area contributed by atoms with E-state index >= 15 is 0 Å². The van der Waals surface area contributed by atoms with Gasteiger partial charge in [-0.1, -0.05) is 64.8 Å². The first kappa shape index (κ1) is 20.6. The topological polar surface area (TPSA) is 24.7 Å². The van der Waals surface area contributed by atoms with Crippen LogP contribution in [-0.4, -0.2) is 24.5 Å².